The summed E-state index contributed by atoms with van der Waals surface area (Å²) >= 11 is 0. The van der Waals surface area contributed by atoms with Crippen LogP contribution in [0, 0.1) is 6.61 Å². The molecule has 0 fully saturated rings. The summed E-state index contributed by atoms with van der Waals surface area (Å²) in [6.07, 6.45) is 1.27. The van der Waals surface area contributed by atoms with Crippen LogP contribution in [0.2, 0.25) is 0 Å². The van der Waals surface area contributed by atoms with Gasteiger partial charge in [0.05, 0.1) is 25.9 Å². The van der Waals surface area contributed by atoms with Crippen LogP contribution < -0.4 is 0 Å². The first-order valence-corrected chi connectivity index (χ1v) is 3.82. The van der Waals surface area contributed by atoms with E-state index in [-0.39, 0.29) is 0 Å². The molecule has 0 atom stereocenters. The van der Waals surface area contributed by atoms with E-state index in [1.165, 1.54) is 0 Å². The fourth-order valence-electron chi connectivity index (χ4n) is 0.533. The zero-order valence-corrected chi connectivity index (χ0v) is 7.09. The summed E-state index contributed by atoms with van der Waals surface area (Å²) < 4.78 is 10.3. The summed E-state index contributed by atoms with van der Waals surface area (Å²) in [6.45, 7) is 9.24. The summed E-state index contributed by atoms with van der Waals surface area (Å²) in [5.74, 6) is 0. The molecule has 61 valence electrons. The fourth-order valence-corrected chi connectivity index (χ4v) is 0.533. The van der Waals surface area contributed by atoms with E-state index in [9.17, 15) is 0 Å². The molecule has 0 aromatic carbocycles. The SMILES string of the molecule is CC[CH]OCCOC(C)C. The van der Waals surface area contributed by atoms with Crippen LogP contribution in [0.4, 0.5) is 0 Å². The van der Waals surface area contributed by atoms with Crippen molar-refractivity contribution < 1.29 is 9.47 Å². The van der Waals surface area contributed by atoms with Crippen LogP contribution >= 0.6 is 0 Å². The van der Waals surface area contributed by atoms with Gasteiger partial charge < -0.3 is 9.47 Å². The standard InChI is InChI=1S/C8H17O2/c1-4-5-9-6-7-10-8(2)3/h5,8H,4,6-7H2,1-3H3. The van der Waals surface area contributed by atoms with Crippen molar-refractivity contribution in [3.8, 4) is 0 Å². The van der Waals surface area contributed by atoms with Crippen LogP contribution in [0.3, 0.4) is 0 Å². The maximum atomic E-state index is 5.24. The van der Waals surface area contributed by atoms with E-state index >= 15 is 0 Å². The van der Waals surface area contributed by atoms with Crippen LogP contribution in [0.25, 0.3) is 0 Å². The third kappa shape index (κ3) is 7.92. The van der Waals surface area contributed by atoms with E-state index in [0.29, 0.717) is 19.3 Å². The lowest BCUT2D eigenvalue weighted by atomic mass is 10.5. The zero-order valence-electron chi connectivity index (χ0n) is 7.09. The second-order valence-corrected chi connectivity index (χ2v) is 2.37. The van der Waals surface area contributed by atoms with Crippen molar-refractivity contribution in [1.29, 1.82) is 0 Å². The Labute approximate surface area is 63.5 Å². The molecule has 2 heteroatoms. The molecule has 0 saturated carbocycles. The predicted molar refractivity (Wildman–Crippen MR) is 41.6 cm³/mol. The van der Waals surface area contributed by atoms with E-state index in [4.69, 9.17) is 9.47 Å². The Kier molecular flexibility index (Phi) is 6.98. The molecule has 0 saturated heterocycles. The van der Waals surface area contributed by atoms with Gasteiger partial charge in [-0.3, -0.25) is 0 Å². The summed E-state index contributed by atoms with van der Waals surface area (Å²) in [4.78, 5) is 0. The second-order valence-electron chi connectivity index (χ2n) is 2.37. The van der Waals surface area contributed by atoms with Crippen molar-refractivity contribution in [2.75, 3.05) is 13.2 Å². The van der Waals surface area contributed by atoms with Crippen molar-refractivity contribution in [2.24, 2.45) is 0 Å². The molecule has 1 radical (unpaired) electrons. The first kappa shape index (κ1) is 9.92. The van der Waals surface area contributed by atoms with E-state index < -0.39 is 0 Å². The molecule has 2 nitrogen and oxygen atoms in total. The third-order valence-corrected chi connectivity index (χ3v) is 0.937. The molecular formula is C8H17O2. The highest BCUT2D eigenvalue weighted by Crippen LogP contribution is 1.90. The maximum absolute atomic E-state index is 5.24. The second kappa shape index (κ2) is 7.03. The molecule has 0 unspecified atom stereocenters. The Hall–Kier alpha value is -0.0800. The van der Waals surface area contributed by atoms with E-state index in [0.717, 1.165) is 6.42 Å². The molecule has 0 heterocycles. The summed E-state index contributed by atoms with van der Waals surface area (Å²) in [6, 6.07) is 0. The minimum absolute atomic E-state index is 0.310. The molecule has 0 aliphatic heterocycles. The normalized spacial score (nSPS) is 10.8. The molecule has 0 aromatic rings. The molecule has 0 aliphatic rings. The van der Waals surface area contributed by atoms with Gasteiger partial charge in [0.2, 0.25) is 0 Å². The van der Waals surface area contributed by atoms with Crippen LogP contribution in [-0.2, 0) is 9.47 Å². The smallest absolute Gasteiger partial charge is 0.0835 e. The maximum Gasteiger partial charge on any atom is 0.0835 e. The first-order chi connectivity index (χ1) is 4.77. The highest BCUT2D eigenvalue weighted by molar-refractivity contribution is 4.44. The Bertz CT molecular complexity index is 62.3. The van der Waals surface area contributed by atoms with Crippen LogP contribution in [-0.4, -0.2) is 19.3 Å². The summed E-state index contributed by atoms with van der Waals surface area (Å²) in [7, 11) is 0. The molecule has 0 amide bonds. The van der Waals surface area contributed by atoms with Crippen molar-refractivity contribution in [3.63, 3.8) is 0 Å². The highest BCUT2D eigenvalue weighted by atomic mass is 16.5. The fraction of sp³-hybridized carbons (Fsp3) is 0.875. The van der Waals surface area contributed by atoms with Gasteiger partial charge in [-0.05, 0) is 20.3 Å². The highest BCUT2D eigenvalue weighted by Gasteiger charge is 1.91. The van der Waals surface area contributed by atoms with Crippen LogP contribution in [0.5, 0.6) is 0 Å². The lowest BCUT2D eigenvalue weighted by Gasteiger charge is -2.06. The van der Waals surface area contributed by atoms with Gasteiger partial charge in [-0.15, -0.1) is 0 Å². The van der Waals surface area contributed by atoms with Gasteiger partial charge >= 0.3 is 0 Å². The van der Waals surface area contributed by atoms with Gasteiger partial charge in [-0.1, -0.05) is 6.92 Å². The van der Waals surface area contributed by atoms with E-state index in [1.54, 1.807) is 6.61 Å². The van der Waals surface area contributed by atoms with Crippen molar-refractivity contribution >= 4 is 0 Å². The molecular weight excluding hydrogens is 128 g/mol. The lowest BCUT2D eigenvalue weighted by molar-refractivity contribution is 0.0353. The quantitative estimate of drug-likeness (QED) is 0.532. The van der Waals surface area contributed by atoms with Gasteiger partial charge in [0.15, 0.2) is 0 Å². The van der Waals surface area contributed by atoms with Gasteiger partial charge in [-0.2, -0.15) is 0 Å². The van der Waals surface area contributed by atoms with Gasteiger partial charge in [0, 0.05) is 0 Å². The zero-order chi connectivity index (χ0) is 7.82. The number of hydrogen-bond donors (Lipinski definition) is 0. The molecule has 10 heavy (non-hydrogen) atoms. The van der Waals surface area contributed by atoms with Crippen molar-refractivity contribution in [1.82, 2.24) is 0 Å². The van der Waals surface area contributed by atoms with Gasteiger partial charge in [0.25, 0.3) is 0 Å². The number of hydrogen-bond acceptors (Lipinski definition) is 2. The van der Waals surface area contributed by atoms with Gasteiger partial charge in [-0.25, -0.2) is 0 Å². The third-order valence-electron chi connectivity index (χ3n) is 0.937. The summed E-state index contributed by atoms with van der Waals surface area (Å²) in [5.41, 5.74) is 0. The molecule has 0 spiro atoms. The van der Waals surface area contributed by atoms with Crippen LogP contribution in [0.1, 0.15) is 27.2 Å². The minimum Gasteiger partial charge on any atom is -0.376 e. The topological polar surface area (TPSA) is 18.5 Å². The van der Waals surface area contributed by atoms with Crippen LogP contribution in [0.15, 0.2) is 0 Å². The Balaban J connectivity index is 2.77. The molecule has 0 aliphatic carbocycles. The monoisotopic (exact) mass is 145 g/mol. The van der Waals surface area contributed by atoms with Gasteiger partial charge in [0.1, 0.15) is 0 Å². The summed E-state index contributed by atoms with van der Waals surface area (Å²) in [5, 5.41) is 0. The van der Waals surface area contributed by atoms with Crippen molar-refractivity contribution in [3.05, 3.63) is 6.61 Å². The number of ether oxygens (including phenoxy) is 2. The largest absolute Gasteiger partial charge is 0.376 e. The van der Waals surface area contributed by atoms with Crippen molar-refractivity contribution in [2.45, 2.75) is 33.3 Å². The molecule has 0 aromatic heterocycles. The Morgan fingerprint density at radius 1 is 1.30 bits per heavy atom. The Morgan fingerprint density at radius 3 is 2.50 bits per heavy atom. The van der Waals surface area contributed by atoms with E-state index in [1.807, 2.05) is 20.8 Å². The minimum atomic E-state index is 0.310. The molecule has 0 rings (SSSR count). The molecule has 0 bridgehead atoms. The first-order valence-electron chi connectivity index (χ1n) is 3.82. The lowest BCUT2D eigenvalue weighted by Crippen LogP contribution is -2.08. The molecule has 0 N–H and O–H groups in total. The average Bonchev–Trinajstić information content (AvgIpc) is 1.87. The average molecular weight is 145 g/mol. The van der Waals surface area contributed by atoms with E-state index in [2.05, 4.69) is 0 Å². The Morgan fingerprint density at radius 2 is 2.00 bits per heavy atom. The predicted octanol–water partition coefficient (Wildman–Crippen LogP) is 2.00. The number of rotatable bonds is 6.